The molecule has 3 heterocycles. The highest BCUT2D eigenvalue weighted by Gasteiger charge is 2.34. The average molecular weight is 497 g/mol. The fourth-order valence-electron chi connectivity index (χ4n) is 3.98. The van der Waals surface area contributed by atoms with Crippen LogP contribution in [0.1, 0.15) is 44.6 Å². The number of esters is 1. The minimum atomic E-state index is -0.749. The molecule has 1 atom stereocenters. The van der Waals surface area contributed by atoms with Crippen molar-refractivity contribution in [3.63, 3.8) is 0 Å². The second-order valence-electron chi connectivity index (χ2n) is 7.85. The van der Waals surface area contributed by atoms with E-state index in [4.69, 9.17) is 18.6 Å². The van der Waals surface area contributed by atoms with Gasteiger partial charge < -0.3 is 18.6 Å². The number of rotatable bonds is 7. The minimum Gasteiger partial charge on any atom is -0.493 e. The Hall–Kier alpha value is -3.92. The quantitative estimate of drug-likeness (QED) is 0.457. The molecule has 1 amide bonds. The van der Waals surface area contributed by atoms with E-state index in [1.54, 1.807) is 33.3 Å². The molecule has 1 aliphatic heterocycles. The van der Waals surface area contributed by atoms with Crippen molar-refractivity contribution in [3.8, 4) is 11.5 Å². The summed E-state index contributed by atoms with van der Waals surface area (Å²) in [6.07, 6.45) is 0.484. The molecule has 4 rings (SSSR count). The Morgan fingerprint density at radius 1 is 1.14 bits per heavy atom. The topological polar surface area (TPSA) is 108 Å². The van der Waals surface area contributed by atoms with Gasteiger partial charge in [0.25, 0.3) is 5.91 Å². The molecule has 0 spiro atoms. The van der Waals surface area contributed by atoms with E-state index in [-0.39, 0.29) is 11.3 Å². The maximum atomic E-state index is 13.2. The standard InChI is InChI=1S/C25H24N2O7S/c1-14-10-23(29)34-15(2)24(14)25(30)33-13-22(28)27-18(12-17(26-27)21-6-5-9-35-21)16-7-8-19(31-3)20(11-16)32-4/h5-11,18H,12-13H2,1-4H3/t18-/m0/s1. The summed E-state index contributed by atoms with van der Waals surface area (Å²) in [7, 11) is 3.10. The van der Waals surface area contributed by atoms with Crippen LogP contribution in [0.25, 0.3) is 0 Å². The third-order valence-corrected chi connectivity index (χ3v) is 6.55. The van der Waals surface area contributed by atoms with Gasteiger partial charge in [0.15, 0.2) is 18.1 Å². The van der Waals surface area contributed by atoms with Crippen LogP contribution in [-0.2, 0) is 9.53 Å². The van der Waals surface area contributed by atoms with Gasteiger partial charge in [-0.15, -0.1) is 11.3 Å². The molecule has 0 bridgehead atoms. The Morgan fingerprint density at radius 3 is 2.57 bits per heavy atom. The number of benzene rings is 1. The van der Waals surface area contributed by atoms with Gasteiger partial charge in [0.1, 0.15) is 11.3 Å². The van der Waals surface area contributed by atoms with E-state index in [0.29, 0.717) is 23.5 Å². The van der Waals surface area contributed by atoms with E-state index < -0.39 is 30.2 Å². The molecule has 0 unspecified atom stereocenters. The number of carbonyl (C=O) groups is 2. The number of aryl methyl sites for hydroxylation is 2. The van der Waals surface area contributed by atoms with E-state index in [1.165, 1.54) is 29.3 Å². The van der Waals surface area contributed by atoms with Crippen molar-refractivity contribution in [2.24, 2.45) is 5.10 Å². The first-order valence-corrected chi connectivity index (χ1v) is 11.6. The summed E-state index contributed by atoms with van der Waals surface area (Å²) in [5, 5.41) is 7.86. The number of carbonyl (C=O) groups excluding carboxylic acids is 2. The van der Waals surface area contributed by atoms with Crippen LogP contribution in [0.2, 0.25) is 0 Å². The fourth-order valence-corrected chi connectivity index (χ4v) is 4.70. The van der Waals surface area contributed by atoms with Gasteiger partial charge in [-0.3, -0.25) is 4.79 Å². The second-order valence-corrected chi connectivity index (χ2v) is 8.80. The van der Waals surface area contributed by atoms with Crippen LogP contribution in [0.3, 0.4) is 0 Å². The average Bonchev–Trinajstić information content (AvgIpc) is 3.51. The molecule has 0 saturated carbocycles. The predicted octanol–water partition coefficient (Wildman–Crippen LogP) is 3.87. The highest BCUT2D eigenvalue weighted by atomic mass is 32.1. The second kappa shape index (κ2) is 10.1. The molecule has 3 aromatic rings. The number of amides is 1. The number of thiophene rings is 1. The first kappa shape index (κ1) is 24.2. The number of hydrazone groups is 1. The summed E-state index contributed by atoms with van der Waals surface area (Å²) in [5.74, 6) is -0.000688. The molecule has 0 N–H and O–H groups in total. The van der Waals surface area contributed by atoms with Gasteiger partial charge in [-0.1, -0.05) is 12.1 Å². The molecule has 0 aliphatic carbocycles. The summed E-state index contributed by atoms with van der Waals surface area (Å²) < 4.78 is 21.0. The maximum absolute atomic E-state index is 13.2. The van der Waals surface area contributed by atoms with Gasteiger partial charge in [-0.05, 0) is 48.6 Å². The third kappa shape index (κ3) is 4.97. The zero-order valence-corrected chi connectivity index (χ0v) is 20.5. The lowest BCUT2D eigenvalue weighted by Crippen LogP contribution is -2.31. The molecular formula is C25H24N2O7S. The number of methoxy groups -OCH3 is 2. The van der Waals surface area contributed by atoms with Gasteiger partial charge in [-0.25, -0.2) is 14.6 Å². The number of hydrogen-bond donors (Lipinski definition) is 0. The van der Waals surface area contributed by atoms with Gasteiger partial charge in [0.2, 0.25) is 0 Å². The van der Waals surface area contributed by atoms with Gasteiger partial charge in [-0.2, -0.15) is 5.10 Å². The number of ether oxygens (including phenoxy) is 3. The van der Waals surface area contributed by atoms with Crippen molar-refractivity contribution in [2.45, 2.75) is 26.3 Å². The smallest absolute Gasteiger partial charge is 0.342 e. The largest absolute Gasteiger partial charge is 0.493 e. The van der Waals surface area contributed by atoms with Crippen molar-refractivity contribution in [3.05, 3.63) is 79.5 Å². The summed E-state index contributed by atoms with van der Waals surface area (Å²) in [5.41, 5.74) is 1.54. The number of nitrogens with zero attached hydrogens (tertiary/aromatic N) is 2. The van der Waals surface area contributed by atoms with Crippen molar-refractivity contribution in [1.29, 1.82) is 0 Å². The van der Waals surface area contributed by atoms with Gasteiger partial charge >= 0.3 is 11.6 Å². The molecule has 0 radical (unpaired) electrons. The highest BCUT2D eigenvalue weighted by Crippen LogP contribution is 2.37. The predicted molar refractivity (Wildman–Crippen MR) is 129 cm³/mol. The highest BCUT2D eigenvalue weighted by molar-refractivity contribution is 7.12. The van der Waals surface area contributed by atoms with E-state index in [9.17, 15) is 14.4 Å². The van der Waals surface area contributed by atoms with Crippen LogP contribution in [0.15, 0.2) is 56.1 Å². The lowest BCUT2D eigenvalue weighted by Gasteiger charge is -2.23. The molecule has 10 heteroatoms. The monoisotopic (exact) mass is 496 g/mol. The first-order valence-electron chi connectivity index (χ1n) is 10.8. The van der Waals surface area contributed by atoms with Crippen molar-refractivity contribution >= 4 is 28.9 Å². The van der Waals surface area contributed by atoms with Crippen LogP contribution in [-0.4, -0.2) is 43.4 Å². The normalized spacial score (nSPS) is 15.0. The molecule has 35 heavy (non-hydrogen) atoms. The van der Waals surface area contributed by atoms with Crippen LogP contribution < -0.4 is 15.1 Å². The van der Waals surface area contributed by atoms with Crippen LogP contribution in [0.4, 0.5) is 0 Å². The Labute approximate surface area is 205 Å². The molecule has 1 aromatic carbocycles. The van der Waals surface area contributed by atoms with Crippen LogP contribution in [0.5, 0.6) is 11.5 Å². The summed E-state index contributed by atoms with van der Waals surface area (Å²) in [4.78, 5) is 38.3. The molecule has 1 aliphatic rings. The van der Waals surface area contributed by atoms with Crippen molar-refractivity contribution in [2.75, 3.05) is 20.8 Å². The van der Waals surface area contributed by atoms with E-state index in [0.717, 1.165) is 16.2 Å². The lowest BCUT2D eigenvalue weighted by molar-refractivity contribution is -0.136. The molecule has 0 saturated heterocycles. The van der Waals surface area contributed by atoms with Crippen molar-refractivity contribution < 1.29 is 28.2 Å². The lowest BCUT2D eigenvalue weighted by atomic mass is 10.0. The maximum Gasteiger partial charge on any atom is 0.342 e. The van der Waals surface area contributed by atoms with Crippen molar-refractivity contribution in [1.82, 2.24) is 5.01 Å². The van der Waals surface area contributed by atoms with Gasteiger partial charge in [0.05, 0.1) is 30.9 Å². The molecule has 2 aromatic heterocycles. The molecule has 9 nitrogen and oxygen atoms in total. The fraction of sp³-hybridized carbons (Fsp3) is 0.280. The Balaban J connectivity index is 1.58. The Kier molecular flexibility index (Phi) is 7.02. The SMILES string of the molecule is COc1ccc([C@@H]2CC(c3cccs3)=NN2C(=O)COC(=O)c2c(C)cc(=O)oc2C)cc1OC. The third-order valence-electron chi connectivity index (χ3n) is 5.63. The number of hydrogen-bond acceptors (Lipinski definition) is 9. The van der Waals surface area contributed by atoms with Crippen LogP contribution >= 0.6 is 11.3 Å². The zero-order valence-electron chi connectivity index (χ0n) is 19.7. The Morgan fingerprint density at radius 2 is 1.91 bits per heavy atom. The van der Waals surface area contributed by atoms with Crippen LogP contribution in [0, 0.1) is 13.8 Å². The first-order chi connectivity index (χ1) is 16.8. The minimum absolute atomic E-state index is 0.123. The van der Waals surface area contributed by atoms with E-state index >= 15 is 0 Å². The zero-order chi connectivity index (χ0) is 25.1. The van der Waals surface area contributed by atoms with Gasteiger partial charge in [0, 0.05) is 12.5 Å². The summed E-state index contributed by atoms with van der Waals surface area (Å²) in [6.45, 7) is 2.58. The summed E-state index contributed by atoms with van der Waals surface area (Å²) >= 11 is 1.53. The molecular weight excluding hydrogens is 472 g/mol. The molecule has 0 fully saturated rings. The summed E-state index contributed by atoms with van der Waals surface area (Å²) in [6, 6.07) is 10.1. The van der Waals surface area contributed by atoms with E-state index in [1.807, 2.05) is 23.6 Å². The van der Waals surface area contributed by atoms with E-state index in [2.05, 4.69) is 5.10 Å². The Bertz CT molecular complexity index is 1320. The molecule has 182 valence electrons.